The summed E-state index contributed by atoms with van der Waals surface area (Å²) in [6.45, 7) is 12.8. The molecule has 0 spiro atoms. The van der Waals surface area contributed by atoms with Crippen molar-refractivity contribution < 1.29 is 14.3 Å². The van der Waals surface area contributed by atoms with Crippen molar-refractivity contribution in [1.82, 2.24) is 24.8 Å². The molecule has 2 aliphatic heterocycles. The number of nitrogens with one attached hydrogen (secondary N) is 1. The summed E-state index contributed by atoms with van der Waals surface area (Å²) in [7, 11) is 0. The highest BCUT2D eigenvalue weighted by molar-refractivity contribution is 6.31. The zero-order valence-electron chi connectivity index (χ0n) is 20.8. The molecule has 2 aromatic heterocycles. The Labute approximate surface area is 210 Å². The number of hydrogen-bond acceptors (Lipinski definition) is 8. The van der Waals surface area contributed by atoms with Gasteiger partial charge in [0.05, 0.1) is 19.2 Å². The van der Waals surface area contributed by atoms with E-state index in [1.807, 2.05) is 38.7 Å². The Morgan fingerprint density at radius 2 is 1.91 bits per heavy atom. The van der Waals surface area contributed by atoms with Crippen LogP contribution in [-0.4, -0.2) is 75.4 Å². The lowest BCUT2D eigenvalue weighted by Gasteiger charge is -2.34. The van der Waals surface area contributed by atoms with Gasteiger partial charge in [0.2, 0.25) is 17.7 Å². The molecule has 35 heavy (non-hydrogen) atoms. The van der Waals surface area contributed by atoms with Crippen molar-refractivity contribution in [3.63, 3.8) is 0 Å². The van der Waals surface area contributed by atoms with Gasteiger partial charge in [0.15, 0.2) is 0 Å². The van der Waals surface area contributed by atoms with Gasteiger partial charge in [-0.15, -0.1) is 0 Å². The molecule has 2 amide bonds. The molecule has 1 saturated heterocycles. The Hall–Kier alpha value is -3.14. The number of nitrogens with zero attached hydrogens (tertiary/aromatic N) is 6. The lowest BCUT2D eigenvalue weighted by atomic mass is 10.1. The maximum Gasteiger partial charge on any atom is 0.273 e. The van der Waals surface area contributed by atoms with Gasteiger partial charge in [0.1, 0.15) is 16.5 Å². The second-order valence-corrected chi connectivity index (χ2v) is 9.48. The maximum absolute atomic E-state index is 13.2. The summed E-state index contributed by atoms with van der Waals surface area (Å²) >= 11 is 6.36. The maximum atomic E-state index is 13.2. The first kappa shape index (κ1) is 25.0. The van der Waals surface area contributed by atoms with E-state index in [0.29, 0.717) is 67.7 Å². The number of anilines is 2. The van der Waals surface area contributed by atoms with Crippen molar-refractivity contribution in [2.24, 2.45) is 0 Å². The quantitative estimate of drug-likeness (QED) is 0.617. The van der Waals surface area contributed by atoms with Crippen LogP contribution in [0.2, 0.25) is 5.02 Å². The third-order valence-corrected chi connectivity index (χ3v) is 6.65. The van der Waals surface area contributed by atoms with E-state index in [0.717, 1.165) is 11.1 Å². The summed E-state index contributed by atoms with van der Waals surface area (Å²) in [5, 5.41) is 3.90. The van der Waals surface area contributed by atoms with E-state index in [1.165, 1.54) is 0 Å². The van der Waals surface area contributed by atoms with E-state index in [-0.39, 0.29) is 23.9 Å². The molecule has 0 aromatic carbocycles. The molecule has 1 N–H and O–H groups in total. The Morgan fingerprint density at radius 3 is 2.51 bits per heavy atom. The minimum absolute atomic E-state index is 0.0404. The van der Waals surface area contributed by atoms with Crippen LogP contribution in [0, 0.1) is 0 Å². The number of fused-ring (bicyclic) bond motifs is 1. The largest absolute Gasteiger partial charge is 0.477 e. The number of amides is 2. The van der Waals surface area contributed by atoms with Crippen molar-refractivity contribution in [3.8, 4) is 5.88 Å². The van der Waals surface area contributed by atoms with Crippen molar-refractivity contribution in [2.75, 3.05) is 43.0 Å². The van der Waals surface area contributed by atoms with Crippen LogP contribution in [0.25, 0.3) is 0 Å². The standard InChI is InChI=1S/C24H32ClN7O3/c1-6-35-22-19(25)11-17(12-26-22)15(4)27-21-18-13-32(14(2)3)23(34)20(18)28-24(29-21)31-9-7-30(8-10-31)16(5)33/h11-12,14-15H,6-10,13H2,1-5H3,(H,27,28,29). The molecular weight excluding hydrogens is 470 g/mol. The molecule has 1 unspecified atom stereocenters. The zero-order valence-corrected chi connectivity index (χ0v) is 21.6. The third kappa shape index (κ3) is 5.12. The van der Waals surface area contributed by atoms with E-state index in [1.54, 1.807) is 22.9 Å². The number of carbonyl (C=O) groups is 2. The van der Waals surface area contributed by atoms with Gasteiger partial charge in [-0.05, 0) is 39.3 Å². The van der Waals surface area contributed by atoms with Crippen LogP contribution in [0.1, 0.15) is 62.3 Å². The van der Waals surface area contributed by atoms with E-state index in [9.17, 15) is 9.59 Å². The molecule has 4 rings (SSSR count). The Morgan fingerprint density at radius 1 is 1.20 bits per heavy atom. The van der Waals surface area contributed by atoms with E-state index in [4.69, 9.17) is 21.3 Å². The van der Waals surface area contributed by atoms with E-state index < -0.39 is 0 Å². The van der Waals surface area contributed by atoms with Crippen LogP contribution >= 0.6 is 11.6 Å². The summed E-state index contributed by atoms with van der Waals surface area (Å²) in [5.41, 5.74) is 2.08. The number of hydrogen-bond donors (Lipinski definition) is 1. The summed E-state index contributed by atoms with van der Waals surface area (Å²) in [4.78, 5) is 44.4. The first-order valence-corrected chi connectivity index (χ1v) is 12.3. The van der Waals surface area contributed by atoms with Gasteiger partial charge in [-0.1, -0.05) is 11.6 Å². The molecule has 0 saturated carbocycles. The van der Waals surface area contributed by atoms with Crippen molar-refractivity contribution >= 4 is 35.2 Å². The summed E-state index contributed by atoms with van der Waals surface area (Å²) < 4.78 is 5.44. The highest BCUT2D eigenvalue weighted by Crippen LogP contribution is 2.33. The fraction of sp³-hybridized carbons (Fsp3) is 0.542. The Balaban J connectivity index is 1.64. The van der Waals surface area contributed by atoms with Gasteiger partial charge < -0.3 is 24.8 Å². The highest BCUT2D eigenvalue weighted by atomic mass is 35.5. The first-order valence-electron chi connectivity index (χ1n) is 12.0. The molecule has 10 nitrogen and oxygen atoms in total. The number of piperazine rings is 1. The monoisotopic (exact) mass is 501 g/mol. The molecule has 0 bridgehead atoms. The molecule has 11 heteroatoms. The van der Waals surface area contributed by atoms with Gasteiger partial charge in [0, 0.05) is 50.9 Å². The SMILES string of the molecule is CCOc1ncc(C(C)Nc2nc(N3CCN(C(C)=O)CC3)nc3c2CN(C(C)C)C3=O)cc1Cl. The van der Waals surface area contributed by atoms with Gasteiger partial charge in [-0.2, -0.15) is 4.98 Å². The first-order chi connectivity index (χ1) is 16.7. The molecule has 2 aromatic rings. The van der Waals surface area contributed by atoms with Crippen LogP contribution in [0.3, 0.4) is 0 Å². The van der Waals surface area contributed by atoms with Crippen molar-refractivity contribution in [1.29, 1.82) is 0 Å². The predicted molar refractivity (Wildman–Crippen MR) is 134 cm³/mol. The highest BCUT2D eigenvalue weighted by Gasteiger charge is 2.35. The summed E-state index contributed by atoms with van der Waals surface area (Å²) in [6.07, 6.45) is 1.73. The van der Waals surface area contributed by atoms with Gasteiger partial charge in [0.25, 0.3) is 5.91 Å². The molecule has 0 radical (unpaired) electrons. The number of carbonyl (C=O) groups excluding carboxylic acids is 2. The lowest BCUT2D eigenvalue weighted by molar-refractivity contribution is -0.129. The number of aromatic nitrogens is 3. The molecule has 1 fully saturated rings. The number of rotatable bonds is 7. The van der Waals surface area contributed by atoms with Crippen molar-refractivity contribution in [2.45, 2.75) is 53.2 Å². The number of halogens is 1. The average Bonchev–Trinajstić information content (AvgIpc) is 3.17. The molecule has 2 aliphatic rings. The van der Waals surface area contributed by atoms with Crippen molar-refractivity contribution in [3.05, 3.63) is 34.1 Å². The molecule has 0 aliphatic carbocycles. The molecule has 4 heterocycles. The van der Waals surface area contributed by atoms with Gasteiger partial charge in [-0.3, -0.25) is 9.59 Å². The van der Waals surface area contributed by atoms with Gasteiger partial charge >= 0.3 is 0 Å². The fourth-order valence-corrected chi connectivity index (χ4v) is 4.51. The predicted octanol–water partition coefficient (Wildman–Crippen LogP) is 3.13. The second-order valence-electron chi connectivity index (χ2n) is 9.07. The van der Waals surface area contributed by atoms with Crippen LogP contribution < -0.4 is 15.0 Å². The van der Waals surface area contributed by atoms with Crippen LogP contribution in [0.4, 0.5) is 11.8 Å². The topological polar surface area (TPSA) is 104 Å². The third-order valence-electron chi connectivity index (χ3n) is 6.38. The molecule has 1 atom stereocenters. The zero-order chi connectivity index (χ0) is 25.3. The summed E-state index contributed by atoms with van der Waals surface area (Å²) in [5.74, 6) is 1.47. The lowest BCUT2D eigenvalue weighted by Crippen LogP contribution is -2.48. The van der Waals surface area contributed by atoms with Crippen LogP contribution in [0.5, 0.6) is 5.88 Å². The van der Waals surface area contributed by atoms with Gasteiger partial charge in [-0.25, -0.2) is 9.97 Å². The minimum atomic E-state index is -0.180. The molecular formula is C24H32ClN7O3. The molecule has 188 valence electrons. The van der Waals surface area contributed by atoms with E-state index >= 15 is 0 Å². The van der Waals surface area contributed by atoms with Crippen LogP contribution in [0.15, 0.2) is 12.3 Å². The van der Waals surface area contributed by atoms with E-state index in [2.05, 4.69) is 15.3 Å². The Kier molecular flexibility index (Phi) is 7.30. The summed E-state index contributed by atoms with van der Waals surface area (Å²) in [6, 6.07) is 1.69. The van der Waals surface area contributed by atoms with Crippen LogP contribution in [-0.2, 0) is 11.3 Å². The average molecular weight is 502 g/mol. The number of pyridine rings is 1. The Bertz CT molecular complexity index is 1120. The smallest absolute Gasteiger partial charge is 0.273 e. The number of ether oxygens (including phenoxy) is 1. The normalized spacial score (nSPS) is 16.5. The second kappa shape index (κ2) is 10.2. The fourth-order valence-electron chi connectivity index (χ4n) is 4.28. The minimum Gasteiger partial charge on any atom is -0.477 e.